The summed E-state index contributed by atoms with van der Waals surface area (Å²) in [5.74, 6) is -0.451. The molecule has 17 heavy (non-hydrogen) atoms. The monoisotopic (exact) mass is 253 g/mol. The highest BCUT2D eigenvalue weighted by Crippen LogP contribution is 2.34. The summed E-state index contributed by atoms with van der Waals surface area (Å²) in [6.45, 7) is 2.05. The van der Waals surface area contributed by atoms with Crippen LogP contribution in [0, 0.1) is 0 Å². The number of anilines is 1. The summed E-state index contributed by atoms with van der Waals surface area (Å²) in [7, 11) is 1.67. The average molecular weight is 254 g/mol. The van der Waals surface area contributed by atoms with Crippen LogP contribution in [0.2, 0.25) is 5.02 Å². The number of amides is 1. The summed E-state index contributed by atoms with van der Waals surface area (Å²) in [6, 6.07) is 3.19. The van der Waals surface area contributed by atoms with E-state index in [1.165, 1.54) is 4.90 Å². The summed E-state index contributed by atoms with van der Waals surface area (Å²) >= 11 is 6.06. The SMILES string of the molecule is CCOC(=O)c1cc(Cl)c2c(c1)N(C)C(=O)C2. The zero-order chi connectivity index (χ0) is 12.6. The molecule has 0 N–H and O–H groups in total. The maximum Gasteiger partial charge on any atom is 0.338 e. The van der Waals surface area contributed by atoms with Crippen molar-refractivity contribution in [1.82, 2.24) is 0 Å². The van der Waals surface area contributed by atoms with Crippen LogP contribution in [-0.4, -0.2) is 25.5 Å². The van der Waals surface area contributed by atoms with Gasteiger partial charge in [0.1, 0.15) is 0 Å². The van der Waals surface area contributed by atoms with E-state index >= 15 is 0 Å². The van der Waals surface area contributed by atoms with Crippen molar-refractivity contribution in [1.29, 1.82) is 0 Å². The second-order valence-corrected chi connectivity index (χ2v) is 4.21. The van der Waals surface area contributed by atoms with Crippen LogP contribution < -0.4 is 4.90 Å². The van der Waals surface area contributed by atoms with Crippen LogP contribution in [0.1, 0.15) is 22.8 Å². The van der Waals surface area contributed by atoms with Gasteiger partial charge in [0.25, 0.3) is 0 Å². The van der Waals surface area contributed by atoms with E-state index in [2.05, 4.69) is 0 Å². The Labute approximate surface area is 104 Å². The zero-order valence-electron chi connectivity index (χ0n) is 9.62. The van der Waals surface area contributed by atoms with Gasteiger partial charge in [0.2, 0.25) is 5.91 Å². The van der Waals surface area contributed by atoms with Crippen molar-refractivity contribution in [2.75, 3.05) is 18.6 Å². The van der Waals surface area contributed by atoms with Gasteiger partial charge in [-0.3, -0.25) is 4.79 Å². The van der Waals surface area contributed by atoms with Crippen molar-refractivity contribution in [3.63, 3.8) is 0 Å². The first-order valence-electron chi connectivity index (χ1n) is 5.30. The molecular formula is C12H12ClNO3. The van der Waals surface area contributed by atoms with Gasteiger partial charge in [0.15, 0.2) is 0 Å². The Kier molecular flexibility index (Phi) is 3.07. The smallest absolute Gasteiger partial charge is 0.338 e. The van der Waals surface area contributed by atoms with Gasteiger partial charge in [0.05, 0.1) is 18.6 Å². The lowest BCUT2D eigenvalue weighted by molar-refractivity contribution is -0.117. The van der Waals surface area contributed by atoms with Gasteiger partial charge in [-0.25, -0.2) is 4.79 Å². The third-order valence-corrected chi connectivity index (χ3v) is 3.08. The number of hydrogen-bond donors (Lipinski definition) is 0. The van der Waals surface area contributed by atoms with Gasteiger partial charge >= 0.3 is 5.97 Å². The fourth-order valence-corrected chi connectivity index (χ4v) is 2.11. The van der Waals surface area contributed by atoms with Crippen LogP contribution in [0.3, 0.4) is 0 Å². The Hall–Kier alpha value is -1.55. The highest BCUT2D eigenvalue weighted by molar-refractivity contribution is 6.33. The molecule has 0 bridgehead atoms. The van der Waals surface area contributed by atoms with Crippen LogP contribution in [0.15, 0.2) is 12.1 Å². The Bertz CT molecular complexity index is 499. The molecule has 5 heteroatoms. The summed E-state index contributed by atoms with van der Waals surface area (Å²) in [6.07, 6.45) is 0.285. The van der Waals surface area contributed by atoms with Crippen LogP contribution in [0.4, 0.5) is 5.69 Å². The summed E-state index contributed by atoms with van der Waals surface area (Å²) in [5, 5.41) is 0.434. The largest absolute Gasteiger partial charge is 0.462 e. The van der Waals surface area contributed by atoms with E-state index in [0.717, 1.165) is 5.56 Å². The number of esters is 1. The molecule has 1 heterocycles. The zero-order valence-corrected chi connectivity index (χ0v) is 10.4. The van der Waals surface area contributed by atoms with Gasteiger partial charge in [0, 0.05) is 23.3 Å². The van der Waals surface area contributed by atoms with E-state index in [4.69, 9.17) is 16.3 Å². The van der Waals surface area contributed by atoms with E-state index in [9.17, 15) is 9.59 Å². The molecule has 0 aliphatic carbocycles. The minimum atomic E-state index is -0.426. The van der Waals surface area contributed by atoms with E-state index in [-0.39, 0.29) is 12.3 Å². The van der Waals surface area contributed by atoms with Crippen LogP contribution >= 0.6 is 11.6 Å². The molecule has 2 rings (SSSR count). The Morgan fingerprint density at radius 2 is 2.24 bits per heavy atom. The van der Waals surface area contributed by atoms with Crippen molar-refractivity contribution < 1.29 is 14.3 Å². The molecule has 0 radical (unpaired) electrons. The Morgan fingerprint density at radius 1 is 1.53 bits per heavy atom. The van der Waals surface area contributed by atoms with Gasteiger partial charge < -0.3 is 9.64 Å². The van der Waals surface area contributed by atoms with E-state index in [1.807, 2.05) is 0 Å². The number of fused-ring (bicyclic) bond motifs is 1. The van der Waals surface area contributed by atoms with Crippen molar-refractivity contribution in [3.05, 3.63) is 28.3 Å². The van der Waals surface area contributed by atoms with E-state index in [0.29, 0.717) is 22.9 Å². The lowest BCUT2D eigenvalue weighted by atomic mass is 10.1. The normalized spacial score (nSPS) is 13.8. The maximum absolute atomic E-state index is 11.6. The summed E-state index contributed by atoms with van der Waals surface area (Å²) < 4.78 is 4.90. The predicted octanol–water partition coefficient (Wildman–Crippen LogP) is 2.04. The lowest BCUT2D eigenvalue weighted by Gasteiger charge is -2.12. The molecule has 0 aromatic heterocycles. The fraction of sp³-hybridized carbons (Fsp3) is 0.333. The number of halogens is 1. The van der Waals surface area contributed by atoms with Crippen LogP contribution in [0.25, 0.3) is 0 Å². The molecule has 0 spiro atoms. The minimum Gasteiger partial charge on any atom is -0.462 e. The molecule has 0 fully saturated rings. The molecule has 0 saturated carbocycles. The second kappa shape index (κ2) is 4.37. The molecule has 0 saturated heterocycles. The number of nitrogens with zero attached hydrogens (tertiary/aromatic N) is 1. The molecule has 1 aromatic carbocycles. The summed E-state index contributed by atoms with van der Waals surface area (Å²) in [5.41, 5.74) is 1.83. The molecule has 1 aliphatic rings. The summed E-state index contributed by atoms with van der Waals surface area (Å²) in [4.78, 5) is 24.6. The van der Waals surface area contributed by atoms with Gasteiger partial charge in [-0.05, 0) is 19.1 Å². The third kappa shape index (κ3) is 2.00. The number of benzene rings is 1. The fourth-order valence-electron chi connectivity index (χ4n) is 1.83. The lowest BCUT2D eigenvalue weighted by Crippen LogP contribution is -2.20. The number of ether oxygens (including phenoxy) is 1. The number of carbonyl (C=O) groups is 2. The molecule has 0 atom stereocenters. The Balaban J connectivity index is 2.45. The van der Waals surface area contributed by atoms with Crippen LogP contribution in [-0.2, 0) is 16.0 Å². The molecular weight excluding hydrogens is 242 g/mol. The standard InChI is InChI=1S/C12H12ClNO3/c1-3-17-12(16)7-4-9(13)8-6-11(15)14(2)10(8)5-7/h4-5H,3,6H2,1-2H3. The highest BCUT2D eigenvalue weighted by Gasteiger charge is 2.27. The third-order valence-electron chi connectivity index (χ3n) is 2.75. The number of carbonyl (C=O) groups excluding carboxylic acids is 2. The van der Waals surface area contributed by atoms with E-state index < -0.39 is 5.97 Å². The maximum atomic E-state index is 11.6. The number of hydrogen-bond acceptors (Lipinski definition) is 3. The molecule has 1 aliphatic heterocycles. The average Bonchev–Trinajstić information content (AvgIpc) is 2.57. The second-order valence-electron chi connectivity index (χ2n) is 3.81. The van der Waals surface area contributed by atoms with Crippen molar-refractivity contribution in [2.24, 2.45) is 0 Å². The first kappa shape index (κ1) is 11.9. The highest BCUT2D eigenvalue weighted by atomic mass is 35.5. The quantitative estimate of drug-likeness (QED) is 0.758. The van der Waals surface area contributed by atoms with Gasteiger partial charge in [-0.15, -0.1) is 0 Å². The van der Waals surface area contributed by atoms with Crippen molar-refractivity contribution in [2.45, 2.75) is 13.3 Å². The first-order chi connectivity index (χ1) is 8.04. The number of likely N-dealkylation sites (N-methyl/N-ethyl adjacent to an activating group) is 1. The predicted molar refractivity (Wildman–Crippen MR) is 64.5 cm³/mol. The van der Waals surface area contributed by atoms with Crippen molar-refractivity contribution in [3.8, 4) is 0 Å². The van der Waals surface area contributed by atoms with E-state index in [1.54, 1.807) is 26.1 Å². The molecule has 0 unspecified atom stereocenters. The van der Waals surface area contributed by atoms with Crippen LogP contribution in [0.5, 0.6) is 0 Å². The minimum absolute atomic E-state index is 0.0251. The molecule has 4 nitrogen and oxygen atoms in total. The topological polar surface area (TPSA) is 46.6 Å². The van der Waals surface area contributed by atoms with Crippen molar-refractivity contribution >= 4 is 29.2 Å². The number of rotatable bonds is 2. The molecule has 1 amide bonds. The van der Waals surface area contributed by atoms with Gasteiger partial charge in [-0.2, -0.15) is 0 Å². The first-order valence-corrected chi connectivity index (χ1v) is 5.68. The Morgan fingerprint density at radius 3 is 2.88 bits per heavy atom. The van der Waals surface area contributed by atoms with Gasteiger partial charge in [-0.1, -0.05) is 11.6 Å². The molecule has 1 aromatic rings. The molecule has 90 valence electrons.